The van der Waals surface area contributed by atoms with Gasteiger partial charge in [0.25, 0.3) is 0 Å². The van der Waals surface area contributed by atoms with Crippen LogP contribution < -0.4 is 9.47 Å². The van der Waals surface area contributed by atoms with Gasteiger partial charge in [-0.3, -0.25) is 9.59 Å². The van der Waals surface area contributed by atoms with Crippen LogP contribution in [0.3, 0.4) is 0 Å². The average molecular weight is 502 g/mol. The molecule has 0 amide bonds. The number of nitrogens with zero attached hydrogens (tertiary/aromatic N) is 1. The lowest BCUT2D eigenvalue weighted by Crippen LogP contribution is -2.28. The summed E-state index contributed by atoms with van der Waals surface area (Å²) >= 11 is 0. The van der Waals surface area contributed by atoms with Crippen molar-refractivity contribution < 1.29 is 33.0 Å². The minimum absolute atomic E-state index is 0.0154. The molecule has 0 atom stereocenters. The summed E-state index contributed by atoms with van der Waals surface area (Å²) in [6, 6.07) is 25.1. The van der Waals surface area contributed by atoms with Gasteiger partial charge in [-0.25, -0.2) is 4.98 Å². The number of benzene rings is 3. The van der Waals surface area contributed by atoms with Gasteiger partial charge in [-0.15, -0.1) is 0 Å². The largest absolute Gasteiger partial charge is 0.485 e. The van der Waals surface area contributed by atoms with Crippen molar-refractivity contribution in [2.75, 3.05) is 14.2 Å². The maximum Gasteiger partial charge on any atom is 0.320 e. The predicted molar refractivity (Wildman–Crippen MR) is 135 cm³/mol. The third-order valence-corrected chi connectivity index (χ3v) is 5.60. The quantitative estimate of drug-likeness (QED) is 0.209. The molecule has 0 spiro atoms. The summed E-state index contributed by atoms with van der Waals surface area (Å²) < 4.78 is 27.3. The second-order valence-electron chi connectivity index (χ2n) is 8.16. The standard InChI is InChI=1S/C29H27NO7/c1-33-28(31)24(29(32)34-2)16-23-19-37-27(30-23)22-13-14-25(35-17-20-9-5-3-6-10-20)26(15-22)36-18-21-11-7-4-8-12-21/h3-15,19,24H,16-18H2,1-2H3. The summed E-state index contributed by atoms with van der Waals surface area (Å²) in [4.78, 5) is 28.5. The Morgan fingerprint density at radius 1 is 0.784 bits per heavy atom. The molecule has 0 saturated heterocycles. The molecule has 0 N–H and O–H groups in total. The highest BCUT2D eigenvalue weighted by molar-refractivity contribution is 5.95. The highest BCUT2D eigenvalue weighted by atomic mass is 16.5. The van der Waals surface area contributed by atoms with Gasteiger partial charge in [-0.05, 0) is 29.3 Å². The lowest BCUT2D eigenvalue weighted by molar-refractivity contribution is -0.158. The number of esters is 2. The van der Waals surface area contributed by atoms with Gasteiger partial charge < -0.3 is 23.4 Å². The normalized spacial score (nSPS) is 10.7. The maximum atomic E-state index is 12.0. The van der Waals surface area contributed by atoms with Crippen molar-refractivity contribution in [2.24, 2.45) is 5.92 Å². The molecule has 8 heteroatoms. The highest BCUT2D eigenvalue weighted by Gasteiger charge is 2.30. The Hall–Kier alpha value is -4.59. The molecule has 8 nitrogen and oxygen atoms in total. The molecular formula is C29H27NO7. The van der Waals surface area contributed by atoms with Crippen molar-refractivity contribution in [1.29, 1.82) is 0 Å². The van der Waals surface area contributed by atoms with E-state index < -0.39 is 17.9 Å². The van der Waals surface area contributed by atoms with Crippen molar-refractivity contribution in [3.8, 4) is 23.0 Å². The van der Waals surface area contributed by atoms with E-state index in [1.54, 1.807) is 12.1 Å². The Labute approximate surface area is 214 Å². The van der Waals surface area contributed by atoms with E-state index in [1.807, 2.05) is 66.7 Å². The fourth-order valence-corrected chi connectivity index (χ4v) is 3.63. The van der Waals surface area contributed by atoms with Gasteiger partial charge in [0.05, 0.1) is 19.9 Å². The SMILES string of the molecule is COC(=O)C(Cc1coc(-c2ccc(OCc3ccccc3)c(OCc3ccccc3)c2)n1)C(=O)OC. The number of carbonyl (C=O) groups excluding carboxylic acids is 2. The number of hydrogen-bond donors (Lipinski definition) is 0. The Bertz CT molecular complexity index is 1300. The fourth-order valence-electron chi connectivity index (χ4n) is 3.63. The molecular weight excluding hydrogens is 474 g/mol. The van der Waals surface area contributed by atoms with Crippen LogP contribution in [0.2, 0.25) is 0 Å². The number of hydrogen-bond acceptors (Lipinski definition) is 8. The lowest BCUT2D eigenvalue weighted by Gasteiger charge is -2.14. The Morgan fingerprint density at radius 3 is 1.92 bits per heavy atom. The first-order chi connectivity index (χ1) is 18.1. The lowest BCUT2D eigenvalue weighted by atomic mass is 10.0. The van der Waals surface area contributed by atoms with Crippen molar-refractivity contribution in [1.82, 2.24) is 4.98 Å². The van der Waals surface area contributed by atoms with Gasteiger partial charge in [0.2, 0.25) is 5.89 Å². The summed E-state index contributed by atoms with van der Waals surface area (Å²) in [5.41, 5.74) is 3.10. The molecule has 1 heterocycles. The number of aromatic nitrogens is 1. The molecule has 0 aliphatic heterocycles. The van der Waals surface area contributed by atoms with E-state index in [0.29, 0.717) is 41.9 Å². The third kappa shape index (κ3) is 6.76. The second kappa shape index (κ2) is 12.4. The van der Waals surface area contributed by atoms with Crippen LogP contribution in [0.1, 0.15) is 16.8 Å². The van der Waals surface area contributed by atoms with Crippen LogP contribution in [0.5, 0.6) is 11.5 Å². The molecule has 0 aliphatic rings. The monoisotopic (exact) mass is 501 g/mol. The molecule has 0 unspecified atom stereocenters. The summed E-state index contributed by atoms with van der Waals surface area (Å²) in [6.45, 7) is 0.732. The Morgan fingerprint density at radius 2 is 1.35 bits per heavy atom. The molecule has 0 fully saturated rings. The minimum atomic E-state index is -1.13. The van der Waals surface area contributed by atoms with Crippen LogP contribution in [0.15, 0.2) is 89.5 Å². The zero-order valence-electron chi connectivity index (χ0n) is 20.6. The van der Waals surface area contributed by atoms with E-state index in [1.165, 1.54) is 20.5 Å². The highest BCUT2D eigenvalue weighted by Crippen LogP contribution is 2.34. The Balaban J connectivity index is 1.56. The van der Waals surface area contributed by atoms with Crippen LogP contribution in [-0.4, -0.2) is 31.1 Å². The summed E-state index contributed by atoms with van der Waals surface area (Å²) in [5.74, 6) is -1.12. The van der Waals surface area contributed by atoms with Crippen LogP contribution in [0.25, 0.3) is 11.5 Å². The second-order valence-corrected chi connectivity index (χ2v) is 8.16. The van der Waals surface area contributed by atoms with Gasteiger partial charge >= 0.3 is 11.9 Å². The molecule has 3 aromatic carbocycles. The van der Waals surface area contributed by atoms with Gasteiger partial charge in [-0.2, -0.15) is 0 Å². The summed E-state index contributed by atoms with van der Waals surface area (Å²) in [6.07, 6.45) is 1.39. The zero-order valence-corrected chi connectivity index (χ0v) is 20.6. The first-order valence-electron chi connectivity index (χ1n) is 11.6. The van der Waals surface area contributed by atoms with Crippen molar-refractivity contribution in [2.45, 2.75) is 19.6 Å². The van der Waals surface area contributed by atoms with Crippen molar-refractivity contribution >= 4 is 11.9 Å². The van der Waals surface area contributed by atoms with Crippen LogP contribution in [0.4, 0.5) is 0 Å². The van der Waals surface area contributed by atoms with Crippen LogP contribution in [0, 0.1) is 5.92 Å². The zero-order chi connectivity index (χ0) is 26.0. The maximum absolute atomic E-state index is 12.0. The topological polar surface area (TPSA) is 97.1 Å². The molecule has 0 saturated carbocycles. The van der Waals surface area contributed by atoms with Gasteiger partial charge in [-0.1, -0.05) is 60.7 Å². The first kappa shape index (κ1) is 25.5. The molecule has 4 aromatic rings. The van der Waals surface area contributed by atoms with Gasteiger partial charge in [0.1, 0.15) is 19.5 Å². The Kier molecular flexibility index (Phi) is 8.54. The number of oxazole rings is 1. The number of carbonyl (C=O) groups is 2. The summed E-state index contributed by atoms with van der Waals surface area (Å²) in [5, 5.41) is 0. The number of methoxy groups -OCH3 is 2. The molecule has 4 rings (SSSR count). The van der Waals surface area contributed by atoms with E-state index in [-0.39, 0.29) is 6.42 Å². The van der Waals surface area contributed by atoms with Gasteiger partial charge in [0, 0.05) is 12.0 Å². The van der Waals surface area contributed by atoms with Crippen molar-refractivity contribution in [3.05, 3.63) is 102 Å². The van der Waals surface area contributed by atoms with Crippen LogP contribution >= 0.6 is 0 Å². The first-order valence-corrected chi connectivity index (χ1v) is 11.6. The predicted octanol–water partition coefficient (Wildman–Crippen LogP) is 5.00. The smallest absolute Gasteiger partial charge is 0.320 e. The minimum Gasteiger partial charge on any atom is -0.485 e. The van der Waals surface area contributed by atoms with E-state index in [0.717, 1.165) is 11.1 Å². The fraction of sp³-hybridized carbons (Fsp3) is 0.207. The molecule has 1 aromatic heterocycles. The molecule has 37 heavy (non-hydrogen) atoms. The average Bonchev–Trinajstić information content (AvgIpc) is 3.43. The molecule has 190 valence electrons. The van der Waals surface area contributed by atoms with E-state index in [9.17, 15) is 9.59 Å². The molecule has 0 aliphatic carbocycles. The molecule has 0 bridgehead atoms. The summed E-state index contributed by atoms with van der Waals surface area (Å²) in [7, 11) is 2.43. The van der Waals surface area contributed by atoms with E-state index in [2.05, 4.69) is 4.98 Å². The number of ether oxygens (including phenoxy) is 4. The van der Waals surface area contributed by atoms with Gasteiger partial charge in [0.15, 0.2) is 17.4 Å². The van der Waals surface area contributed by atoms with E-state index in [4.69, 9.17) is 23.4 Å². The molecule has 0 radical (unpaired) electrons. The third-order valence-electron chi connectivity index (χ3n) is 5.60. The van der Waals surface area contributed by atoms with E-state index >= 15 is 0 Å². The van der Waals surface area contributed by atoms with Crippen LogP contribution in [-0.2, 0) is 38.7 Å². The number of rotatable bonds is 11. The van der Waals surface area contributed by atoms with Crippen molar-refractivity contribution in [3.63, 3.8) is 0 Å².